The summed E-state index contributed by atoms with van der Waals surface area (Å²) in [5.74, 6) is 0.530. The fourth-order valence-electron chi connectivity index (χ4n) is 7.69. The molecule has 1 aromatic rings. The van der Waals surface area contributed by atoms with Gasteiger partial charge in [0.2, 0.25) is 0 Å². The number of aromatic carboxylic acids is 1. The number of nitrogens with zero attached hydrogens (tertiary/aromatic N) is 1. The van der Waals surface area contributed by atoms with Crippen molar-refractivity contribution in [3.05, 3.63) is 59.2 Å². The Morgan fingerprint density at radius 2 is 1.81 bits per heavy atom. The average molecular weight is 507 g/mol. The molecule has 3 saturated carbocycles. The van der Waals surface area contributed by atoms with Crippen LogP contribution in [0.5, 0.6) is 0 Å². The summed E-state index contributed by atoms with van der Waals surface area (Å²) >= 11 is 0. The third-order valence-corrected chi connectivity index (χ3v) is 10.2. The van der Waals surface area contributed by atoms with Gasteiger partial charge in [-0.3, -0.25) is 4.79 Å². The van der Waals surface area contributed by atoms with Gasteiger partial charge in [0, 0.05) is 12.0 Å². The molecule has 4 aliphatic rings. The normalized spacial score (nSPS) is 37.2. The van der Waals surface area contributed by atoms with Crippen LogP contribution in [0.15, 0.2) is 53.2 Å². The van der Waals surface area contributed by atoms with E-state index in [0.717, 1.165) is 49.8 Å². The van der Waals surface area contributed by atoms with Crippen molar-refractivity contribution in [1.82, 2.24) is 5.32 Å². The minimum absolute atomic E-state index is 0.00523. The lowest BCUT2D eigenvalue weighted by atomic mass is 9.47. The molecule has 0 aliphatic heterocycles. The topological polar surface area (TPSA) is 108 Å². The van der Waals surface area contributed by atoms with Crippen LogP contribution in [0.3, 0.4) is 0 Å². The molecule has 7 heteroatoms. The van der Waals surface area contributed by atoms with Gasteiger partial charge in [0.25, 0.3) is 5.91 Å². The standard InChI is InChI=1S/C30H38N2O5/c1-28-13-10-22(32-37-18-26(33)31-17-19-4-6-20(7-5-19)27(34)35)16-21(28)8-9-23-24(28)11-14-29(2)25(23)12-15-30(29,3)36/h4-7,10,13,16,23-25,36H,8-9,11-12,14-15,17-18H2,1-3H3,(H,31,33)(H,34,35)/t23-,24+,25-,28-,29-,30-/m0/s1. The van der Waals surface area contributed by atoms with Crippen molar-refractivity contribution in [1.29, 1.82) is 0 Å². The molecule has 0 unspecified atom stereocenters. The van der Waals surface area contributed by atoms with Gasteiger partial charge in [0.15, 0.2) is 6.61 Å². The maximum absolute atomic E-state index is 12.2. The number of amides is 1. The predicted octanol–water partition coefficient (Wildman–Crippen LogP) is 4.86. The first-order valence-corrected chi connectivity index (χ1v) is 13.4. The molecule has 3 N–H and O–H groups in total. The molecule has 3 fully saturated rings. The Labute approximate surface area is 218 Å². The van der Waals surface area contributed by atoms with E-state index in [1.165, 1.54) is 17.7 Å². The molecule has 0 aromatic heterocycles. The highest BCUT2D eigenvalue weighted by Crippen LogP contribution is 2.66. The predicted molar refractivity (Wildman–Crippen MR) is 141 cm³/mol. The van der Waals surface area contributed by atoms with Crippen molar-refractivity contribution in [3.63, 3.8) is 0 Å². The SMILES string of the molecule is C[C@]12C=CC(=NOCC(=O)NCc3ccc(C(=O)O)cc3)C=C1CC[C@H]1[C@H]2CC[C@@]2(C)[C@H]1CC[C@]2(C)O. The third kappa shape index (κ3) is 4.52. The van der Waals surface area contributed by atoms with Gasteiger partial charge in [-0.15, -0.1) is 0 Å². The lowest BCUT2D eigenvalue weighted by Crippen LogP contribution is -2.53. The highest BCUT2D eigenvalue weighted by molar-refractivity contribution is 6.05. The van der Waals surface area contributed by atoms with Crippen molar-refractivity contribution in [3.8, 4) is 0 Å². The van der Waals surface area contributed by atoms with Crippen LogP contribution in [0.4, 0.5) is 0 Å². The van der Waals surface area contributed by atoms with Crippen LogP contribution in [0.1, 0.15) is 75.2 Å². The molecule has 0 radical (unpaired) electrons. The van der Waals surface area contributed by atoms with Crippen LogP contribution >= 0.6 is 0 Å². The summed E-state index contributed by atoms with van der Waals surface area (Å²) in [6.45, 7) is 6.83. The molecule has 1 aromatic carbocycles. The molecule has 4 aliphatic carbocycles. The summed E-state index contributed by atoms with van der Waals surface area (Å²) in [7, 11) is 0. The number of oxime groups is 1. The molecular weight excluding hydrogens is 468 g/mol. The van der Waals surface area contributed by atoms with Crippen LogP contribution in [0, 0.1) is 28.6 Å². The molecule has 7 nitrogen and oxygen atoms in total. The molecular formula is C30H38N2O5. The van der Waals surface area contributed by atoms with E-state index >= 15 is 0 Å². The zero-order chi connectivity index (χ0) is 26.4. The van der Waals surface area contributed by atoms with E-state index in [1.807, 2.05) is 13.0 Å². The summed E-state index contributed by atoms with van der Waals surface area (Å²) in [5.41, 5.74) is 2.61. The second-order valence-corrected chi connectivity index (χ2v) is 12.0. The number of carbonyl (C=O) groups is 2. The van der Waals surface area contributed by atoms with Gasteiger partial charge in [-0.05, 0) is 98.5 Å². The molecule has 198 valence electrons. The van der Waals surface area contributed by atoms with E-state index in [9.17, 15) is 14.7 Å². The van der Waals surface area contributed by atoms with Crippen molar-refractivity contribution in [2.45, 2.75) is 71.4 Å². The van der Waals surface area contributed by atoms with E-state index in [1.54, 1.807) is 12.1 Å². The summed E-state index contributed by atoms with van der Waals surface area (Å²) in [4.78, 5) is 28.5. The molecule has 0 heterocycles. The smallest absolute Gasteiger partial charge is 0.335 e. The largest absolute Gasteiger partial charge is 0.478 e. The minimum atomic E-state index is -0.979. The number of rotatable bonds is 6. The van der Waals surface area contributed by atoms with Gasteiger partial charge >= 0.3 is 5.97 Å². The molecule has 37 heavy (non-hydrogen) atoms. The molecule has 0 spiro atoms. The molecule has 1 amide bonds. The van der Waals surface area contributed by atoms with Crippen molar-refractivity contribution in [2.24, 2.45) is 33.7 Å². The van der Waals surface area contributed by atoms with E-state index in [0.29, 0.717) is 24.3 Å². The summed E-state index contributed by atoms with van der Waals surface area (Å²) in [6, 6.07) is 6.38. The summed E-state index contributed by atoms with van der Waals surface area (Å²) in [5, 5.41) is 27.1. The Morgan fingerprint density at radius 1 is 1.08 bits per heavy atom. The zero-order valence-electron chi connectivity index (χ0n) is 22.0. The Bertz CT molecular complexity index is 1170. The number of nitrogens with one attached hydrogen (secondary N) is 1. The first kappa shape index (κ1) is 25.7. The van der Waals surface area contributed by atoms with Crippen LogP contribution in [0.25, 0.3) is 0 Å². The quantitative estimate of drug-likeness (QED) is 0.478. The number of hydrogen-bond acceptors (Lipinski definition) is 5. The fourth-order valence-corrected chi connectivity index (χ4v) is 7.69. The summed E-state index contributed by atoms with van der Waals surface area (Å²) < 4.78 is 0. The second kappa shape index (κ2) is 9.43. The van der Waals surface area contributed by atoms with Gasteiger partial charge in [0.1, 0.15) is 5.71 Å². The van der Waals surface area contributed by atoms with E-state index in [-0.39, 0.29) is 28.9 Å². The lowest BCUT2D eigenvalue weighted by Gasteiger charge is -2.58. The maximum atomic E-state index is 12.2. The van der Waals surface area contributed by atoms with Gasteiger partial charge in [-0.25, -0.2) is 4.79 Å². The van der Waals surface area contributed by atoms with Gasteiger partial charge in [-0.1, -0.05) is 42.8 Å². The van der Waals surface area contributed by atoms with Crippen LogP contribution in [-0.2, 0) is 16.2 Å². The Balaban J connectivity index is 1.17. The van der Waals surface area contributed by atoms with Crippen LogP contribution in [0.2, 0.25) is 0 Å². The first-order valence-electron chi connectivity index (χ1n) is 13.4. The zero-order valence-corrected chi connectivity index (χ0v) is 22.0. The Hall–Kier alpha value is -2.93. The second-order valence-electron chi connectivity index (χ2n) is 12.0. The first-order chi connectivity index (χ1) is 17.5. The van der Waals surface area contributed by atoms with Crippen molar-refractivity contribution in [2.75, 3.05) is 6.61 Å². The van der Waals surface area contributed by atoms with Crippen molar-refractivity contribution < 1.29 is 24.6 Å². The number of aliphatic hydroxyl groups is 1. The Kier molecular flexibility index (Phi) is 6.55. The van der Waals surface area contributed by atoms with Gasteiger partial charge in [-0.2, -0.15) is 0 Å². The molecule has 0 bridgehead atoms. The molecule has 0 saturated heterocycles. The number of hydrogen-bond donors (Lipinski definition) is 3. The number of carboxylic acid groups (broad SMARTS) is 1. The van der Waals surface area contributed by atoms with Gasteiger partial charge < -0.3 is 20.4 Å². The highest BCUT2D eigenvalue weighted by Gasteiger charge is 2.61. The number of carbonyl (C=O) groups excluding carboxylic acids is 1. The average Bonchev–Trinajstić information content (AvgIpc) is 3.11. The number of fused-ring (bicyclic) bond motifs is 5. The number of allylic oxidation sites excluding steroid dienone is 4. The van der Waals surface area contributed by atoms with E-state index in [4.69, 9.17) is 9.94 Å². The number of carboxylic acids is 1. The fraction of sp³-hybridized carbons (Fsp3) is 0.567. The Morgan fingerprint density at radius 3 is 2.54 bits per heavy atom. The summed E-state index contributed by atoms with van der Waals surface area (Å²) in [6.07, 6.45) is 12.9. The lowest BCUT2D eigenvalue weighted by molar-refractivity contribution is -0.125. The highest BCUT2D eigenvalue weighted by atomic mass is 16.6. The molecule has 5 rings (SSSR count). The minimum Gasteiger partial charge on any atom is -0.478 e. The maximum Gasteiger partial charge on any atom is 0.335 e. The van der Waals surface area contributed by atoms with Gasteiger partial charge in [0.05, 0.1) is 11.2 Å². The van der Waals surface area contributed by atoms with Crippen molar-refractivity contribution >= 4 is 17.6 Å². The van der Waals surface area contributed by atoms with E-state index < -0.39 is 11.6 Å². The van der Waals surface area contributed by atoms with E-state index in [2.05, 4.69) is 36.5 Å². The number of benzene rings is 1. The molecule has 6 atom stereocenters. The third-order valence-electron chi connectivity index (χ3n) is 10.2. The monoisotopic (exact) mass is 506 g/mol. The van der Waals surface area contributed by atoms with Crippen LogP contribution < -0.4 is 5.32 Å². The van der Waals surface area contributed by atoms with Crippen LogP contribution in [-0.4, -0.2) is 40.0 Å².